The largest absolute Gasteiger partial charge is 0.370 e. The molecule has 0 radical (unpaired) electrons. The SMILES string of the molecule is CC(C)C1CCN(c2cccnc2CN)C1. The lowest BCUT2D eigenvalue weighted by Crippen LogP contribution is -2.23. The van der Waals surface area contributed by atoms with E-state index >= 15 is 0 Å². The molecule has 0 amide bonds. The lowest BCUT2D eigenvalue weighted by molar-refractivity contribution is 0.422. The second-order valence-electron chi connectivity index (χ2n) is 4.91. The highest BCUT2D eigenvalue weighted by Gasteiger charge is 2.26. The van der Waals surface area contributed by atoms with Crippen molar-refractivity contribution in [3.05, 3.63) is 24.0 Å². The predicted octanol–water partition coefficient (Wildman–Crippen LogP) is 2.02. The Labute approximate surface area is 97.7 Å². The molecule has 1 aliphatic heterocycles. The Kier molecular flexibility index (Phi) is 3.44. The van der Waals surface area contributed by atoms with E-state index in [0.29, 0.717) is 6.54 Å². The average molecular weight is 219 g/mol. The molecule has 0 saturated carbocycles. The van der Waals surface area contributed by atoms with Crippen molar-refractivity contribution >= 4 is 5.69 Å². The van der Waals surface area contributed by atoms with Crippen LogP contribution in [-0.2, 0) is 6.54 Å². The molecule has 0 spiro atoms. The Hall–Kier alpha value is -1.09. The first kappa shape index (κ1) is 11.4. The average Bonchev–Trinajstić information content (AvgIpc) is 2.78. The molecule has 1 aromatic heterocycles. The van der Waals surface area contributed by atoms with E-state index in [1.807, 2.05) is 12.3 Å². The molecule has 0 aromatic carbocycles. The minimum absolute atomic E-state index is 0.527. The van der Waals surface area contributed by atoms with Gasteiger partial charge in [0.05, 0.1) is 11.4 Å². The second-order valence-corrected chi connectivity index (χ2v) is 4.91. The Morgan fingerprint density at radius 1 is 1.56 bits per heavy atom. The van der Waals surface area contributed by atoms with Gasteiger partial charge in [0.2, 0.25) is 0 Å². The zero-order valence-corrected chi connectivity index (χ0v) is 10.2. The highest BCUT2D eigenvalue weighted by Crippen LogP contribution is 2.29. The number of hydrogen-bond donors (Lipinski definition) is 1. The highest BCUT2D eigenvalue weighted by atomic mass is 15.2. The van der Waals surface area contributed by atoms with Gasteiger partial charge in [0, 0.05) is 25.8 Å². The molecular formula is C13H21N3. The van der Waals surface area contributed by atoms with Crippen LogP contribution in [-0.4, -0.2) is 18.1 Å². The molecule has 1 saturated heterocycles. The van der Waals surface area contributed by atoms with Crippen LogP contribution in [0.1, 0.15) is 26.0 Å². The van der Waals surface area contributed by atoms with Crippen LogP contribution in [0.2, 0.25) is 0 Å². The van der Waals surface area contributed by atoms with Crippen LogP contribution < -0.4 is 10.6 Å². The molecule has 1 aliphatic rings. The van der Waals surface area contributed by atoms with Crippen molar-refractivity contribution < 1.29 is 0 Å². The monoisotopic (exact) mass is 219 g/mol. The summed E-state index contributed by atoms with van der Waals surface area (Å²) in [5.74, 6) is 1.58. The van der Waals surface area contributed by atoms with Gasteiger partial charge in [-0.3, -0.25) is 4.98 Å². The van der Waals surface area contributed by atoms with Gasteiger partial charge in [0.1, 0.15) is 0 Å². The molecule has 16 heavy (non-hydrogen) atoms. The maximum Gasteiger partial charge on any atom is 0.0772 e. The third kappa shape index (κ3) is 2.19. The maximum absolute atomic E-state index is 5.72. The van der Waals surface area contributed by atoms with E-state index in [0.717, 1.165) is 30.6 Å². The van der Waals surface area contributed by atoms with Gasteiger partial charge in [-0.25, -0.2) is 0 Å². The molecule has 0 aliphatic carbocycles. The van der Waals surface area contributed by atoms with Gasteiger partial charge in [-0.15, -0.1) is 0 Å². The van der Waals surface area contributed by atoms with E-state index in [4.69, 9.17) is 5.73 Å². The van der Waals surface area contributed by atoms with Crippen LogP contribution in [0.3, 0.4) is 0 Å². The summed E-state index contributed by atoms with van der Waals surface area (Å²) in [6.07, 6.45) is 3.11. The van der Waals surface area contributed by atoms with Crippen molar-refractivity contribution in [3.8, 4) is 0 Å². The Morgan fingerprint density at radius 3 is 3.00 bits per heavy atom. The Morgan fingerprint density at radius 2 is 2.38 bits per heavy atom. The first-order chi connectivity index (χ1) is 7.72. The fraction of sp³-hybridized carbons (Fsp3) is 0.615. The predicted molar refractivity (Wildman–Crippen MR) is 67.3 cm³/mol. The number of nitrogens with two attached hydrogens (primary N) is 1. The van der Waals surface area contributed by atoms with Gasteiger partial charge in [0.15, 0.2) is 0 Å². The van der Waals surface area contributed by atoms with E-state index in [1.54, 1.807) is 0 Å². The molecule has 3 nitrogen and oxygen atoms in total. The number of anilines is 1. The molecule has 3 heteroatoms. The number of pyridine rings is 1. The number of rotatable bonds is 3. The molecule has 0 bridgehead atoms. The van der Waals surface area contributed by atoms with Gasteiger partial charge >= 0.3 is 0 Å². The fourth-order valence-electron chi connectivity index (χ4n) is 2.42. The standard InChI is InChI=1S/C13H21N3/c1-10(2)11-5-7-16(9-11)13-4-3-6-15-12(13)8-14/h3-4,6,10-11H,5,7-9,14H2,1-2H3. The van der Waals surface area contributed by atoms with Crippen LogP contribution in [0.4, 0.5) is 5.69 Å². The van der Waals surface area contributed by atoms with Crippen molar-refractivity contribution in [3.63, 3.8) is 0 Å². The van der Waals surface area contributed by atoms with E-state index in [1.165, 1.54) is 12.1 Å². The van der Waals surface area contributed by atoms with Gasteiger partial charge < -0.3 is 10.6 Å². The summed E-state index contributed by atoms with van der Waals surface area (Å²) in [6, 6.07) is 4.13. The lowest BCUT2D eigenvalue weighted by Gasteiger charge is -2.21. The van der Waals surface area contributed by atoms with E-state index < -0.39 is 0 Å². The van der Waals surface area contributed by atoms with E-state index in [-0.39, 0.29) is 0 Å². The van der Waals surface area contributed by atoms with Crippen LogP contribution >= 0.6 is 0 Å². The smallest absolute Gasteiger partial charge is 0.0772 e. The topological polar surface area (TPSA) is 42.2 Å². The number of hydrogen-bond acceptors (Lipinski definition) is 3. The van der Waals surface area contributed by atoms with Crippen LogP contribution in [0, 0.1) is 11.8 Å². The molecule has 2 heterocycles. The summed E-state index contributed by atoms with van der Waals surface area (Å²) in [6.45, 7) is 7.43. The van der Waals surface area contributed by atoms with Crippen molar-refractivity contribution in [2.45, 2.75) is 26.8 Å². The summed E-state index contributed by atoms with van der Waals surface area (Å²) in [4.78, 5) is 6.78. The summed E-state index contributed by atoms with van der Waals surface area (Å²) < 4.78 is 0. The van der Waals surface area contributed by atoms with Crippen molar-refractivity contribution in [2.24, 2.45) is 17.6 Å². The zero-order chi connectivity index (χ0) is 11.5. The third-order valence-corrected chi connectivity index (χ3v) is 3.57. The molecule has 1 unspecified atom stereocenters. The molecule has 2 rings (SSSR count). The first-order valence-electron chi connectivity index (χ1n) is 6.11. The summed E-state index contributed by atoms with van der Waals surface area (Å²) in [5, 5.41) is 0. The Balaban J connectivity index is 2.14. The van der Waals surface area contributed by atoms with E-state index in [2.05, 4.69) is 29.8 Å². The summed E-state index contributed by atoms with van der Waals surface area (Å²) in [5.41, 5.74) is 7.97. The fourth-order valence-corrected chi connectivity index (χ4v) is 2.42. The molecule has 2 N–H and O–H groups in total. The van der Waals surface area contributed by atoms with E-state index in [9.17, 15) is 0 Å². The zero-order valence-electron chi connectivity index (χ0n) is 10.2. The lowest BCUT2D eigenvalue weighted by atomic mass is 9.95. The summed E-state index contributed by atoms with van der Waals surface area (Å²) in [7, 11) is 0. The number of aromatic nitrogens is 1. The molecule has 1 aromatic rings. The maximum atomic E-state index is 5.72. The minimum Gasteiger partial charge on any atom is -0.370 e. The molecule has 88 valence electrons. The normalized spacial score (nSPS) is 20.8. The summed E-state index contributed by atoms with van der Waals surface area (Å²) >= 11 is 0. The quantitative estimate of drug-likeness (QED) is 0.845. The van der Waals surface area contributed by atoms with Gasteiger partial charge in [-0.2, -0.15) is 0 Å². The molecule has 1 atom stereocenters. The van der Waals surface area contributed by atoms with Gasteiger partial charge in [0.25, 0.3) is 0 Å². The van der Waals surface area contributed by atoms with Crippen molar-refractivity contribution in [1.29, 1.82) is 0 Å². The van der Waals surface area contributed by atoms with Gasteiger partial charge in [-0.1, -0.05) is 13.8 Å². The highest BCUT2D eigenvalue weighted by molar-refractivity contribution is 5.51. The van der Waals surface area contributed by atoms with Gasteiger partial charge in [-0.05, 0) is 30.4 Å². The molecular weight excluding hydrogens is 198 g/mol. The van der Waals surface area contributed by atoms with Crippen LogP contribution in [0.25, 0.3) is 0 Å². The number of nitrogens with zero attached hydrogens (tertiary/aromatic N) is 2. The second kappa shape index (κ2) is 4.83. The van der Waals surface area contributed by atoms with Crippen molar-refractivity contribution in [2.75, 3.05) is 18.0 Å². The minimum atomic E-state index is 0.527. The Bertz CT molecular complexity index is 349. The van der Waals surface area contributed by atoms with Crippen LogP contribution in [0.15, 0.2) is 18.3 Å². The van der Waals surface area contributed by atoms with Crippen molar-refractivity contribution in [1.82, 2.24) is 4.98 Å². The van der Waals surface area contributed by atoms with Crippen LogP contribution in [0.5, 0.6) is 0 Å². The third-order valence-electron chi connectivity index (χ3n) is 3.57. The molecule has 1 fully saturated rings. The first-order valence-corrected chi connectivity index (χ1v) is 6.11.